The predicted molar refractivity (Wildman–Crippen MR) is 149 cm³/mol. The molecule has 6 nitrogen and oxygen atoms in total. The molecule has 0 aliphatic rings. The summed E-state index contributed by atoms with van der Waals surface area (Å²) in [5.74, 6) is 0.139. The van der Waals surface area contributed by atoms with Gasteiger partial charge in [-0.15, -0.1) is 0 Å². The minimum atomic E-state index is -4.49. The van der Waals surface area contributed by atoms with E-state index in [0.29, 0.717) is 19.6 Å². The van der Waals surface area contributed by atoms with E-state index in [1.54, 1.807) is 12.0 Å². The number of aromatic nitrogens is 1. The van der Waals surface area contributed by atoms with E-state index in [0.717, 1.165) is 35.6 Å². The number of ether oxygens (including phenoxy) is 1. The zero-order valence-electron chi connectivity index (χ0n) is 23.7. The van der Waals surface area contributed by atoms with Crippen molar-refractivity contribution in [2.45, 2.75) is 59.4 Å². The molecule has 0 saturated carbocycles. The topological polar surface area (TPSA) is 54.8 Å². The maximum atomic E-state index is 13.7. The van der Waals surface area contributed by atoms with Gasteiger partial charge in [0.05, 0.1) is 19.2 Å². The number of carbonyl (C=O) groups is 2. The van der Waals surface area contributed by atoms with E-state index in [1.807, 2.05) is 70.3 Å². The molecule has 216 valence electrons. The normalized spacial score (nSPS) is 12.3. The van der Waals surface area contributed by atoms with Crippen molar-refractivity contribution >= 4 is 11.8 Å². The Labute approximate surface area is 234 Å². The van der Waals surface area contributed by atoms with Crippen molar-refractivity contribution in [3.63, 3.8) is 0 Å². The number of benzene rings is 2. The monoisotopic (exact) mass is 557 g/mol. The van der Waals surface area contributed by atoms with Gasteiger partial charge in [0.15, 0.2) is 0 Å². The third-order valence-corrected chi connectivity index (χ3v) is 6.84. The summed E-state index contributed by atoms with van der Waals surface area (Å²) < 4.78 is 46.4. The second-order valence-corrected chi connectivity index (χ2v) is 10.4. The molecular formula is C31H38F3N3O3. The smallest absolute Gasteiger partial charge is 0.416 e. The van der Waals surface area contributed by atoms with Gasteiger partial charge in [-0.25, -0.2) is 0 Å². The fourth-order valence-electron chi connectivity index (χ4n) is 4.50. The predicted octanol–water partition coefficient (Wildman–Crippen LogP) is 6.49. The molecule has 0 radical (unpaired) electrons. The van der Waals surface area contributed by atoms with Crippen LogP contribution in [0, 0.1) is 5.92 Å². The van der Waals surface area contributed by atoms with Crippen molar-refractivity contribution in [1.82, 2.24) is 14.4 Å². The summed E-state index contributed by atoms with van der Waals surface area (Å²) in [5.41, 5.74) is 1.29. The first-order chi connectivity index (χ1) is 18.9. The summed E-state index contributed by atoms with van der Waals surface area (Å²) in [5, 5.41) is 0. The molecule has 0 N–H and O–H groups in total. The third kappa shape index (κ3) is 8.13. The molecule has 1 unspecified atom stereocenters. The van der Waals surface area contributed by atoms with Gasteiger partial charge in [0.2, 0.25) is 5.91 Å². The number of rotatable bonds is 12. The number of hydrogen-bond acceptors (Lipinski definition) is 3. The van der Waals surface area contributed by atoms with Crippen molar-refractivity contribution in [1.29, 1.82) is 0 Å². The summed E-state index contributed by atoms with van der Waals surface area (Å²) >= 11 is 0. The number of amides is 2. The fraction of sp³-hybridized carbons (Fsp3) is 0.419. The molecule has 9 heteroatoms. The Balaban J connectivity index is 1.80. The zero-order valence-corrected chi connectivity index (χ0v) is 23.7. The Kier molecular flexibility index (Phi) is 10.4. The summed E-state index contributed by atoms with van der Waals surface area (Å²) in [4.78, 5) is 30.2. The average Bonchev–Trinajstić information content (AvgIpc) is 3.36. The average molecular weight is 558 g/mol. The lowest BCUT2D eigenvalue weighted by atomic mass is 10.1. The maximum absolute atomic E-state index is 13.7. The van der Waals surface area contributed by atoms with E-state index < -0.39 is 17.6 Å². The molecule has 2 aromatic carbocycles. The van der Waals surface area contributed by atoms with Gasteiger partial charge in [0, 0.05) is 36.6 Å². The molecule has 0 spiro atoms. The Hall–Kier alpha value is -3.75. The van der Waals surface area contributed by atoms with Gasteiger partial charge in [0.25, 0.3) is 5.91 Å². The third-order valence-electron chi connectivity index (χ3n) is 6.84. The highest BCUT2D eigenvalue weighted by Crippen LogP contribution is 2.29. The second-order valence-electron chi connectivity index (χ2n) is 10.4. The number of nitrogens with zero attached hydrogens (tertiary/aromatic N) is 3. The molecule has 40 heavy (non-hydrogen) atoms. The summed E-state index contributed by atoms with van der Waals surface area (Å²) in [6.07, 6.45) is -1.80. The summed E-state index contributed by atoms with van der Waals surface area (Å²) in [6.45, 7) is 8.91. The Bertz CT molecular complexity index is 1270. The van der Waals surface area contributed by atoms with E-state index in [-0.39, 0.29) is 30.0 Å². The van der Waals surface area contributed by atoms with Crippen LogP contribution in [-0.4, -0.2) is 52.4 Å². The Morgan fingerprint density at radius 2 is 1.70 bits per heavy atom. The van der Waals surface area contributed by atoms with Crippen molar-refractivity contribution in [2.75, 3.05) is 20.2 Å². The van der Waals surface area contributed by atoms with Crippen LogP contribution in [0.2, 0.25) is 0 Å². The summed E-state index contributed by atoms with van der Waals surface area (Å²) in [7, 11) is 1.63. The van der Waals surface area contributed by atoms with Crippen LogP contribution in [0.5, 0.6) is 5.75 Å². The highest BCUT2D eigenvalue weighted by molar-refractivity contribution is 5.96. The minimum Gasteiger partial charge on any atom is -0.497 e. The lowest BCUT2D eigenvalue weighted by Crippen LogP contribution is -2.47. The first-order valence-electron chi connectivity index (χ1n) is 13.5. The Morgan fingerprint density at radius 3 is 2.30 bits per heavy atom. The molecule has 1 atom stereocenters. The lowest BCUT2D eigenvalue weighted by molar-refractivity contribution is -0.137. The van der Waals surface area contributed by atoms with Crippen LogP contribution in [-0.2, 0) is 24.1 Å². The van der Waals surface area contributed by atoms with Crippen molar-refractivity contribution < 1.29 is 27.5 Å². The van der Waals surface area contributed by atoms with Crippen LogP contribution in [0.15, 0.2) is 66.9 Å². The highest BCUT2D eigenvalue weighted by atomic mass is 19.4. The van der Waals surface area contributed by atoms with E-state index in [4.69, 9.17) is 4.74 Å². The van der Waals surface area contributed by atoms with E-state index in [2.05, 4.69) is 4.57 Å². The van der Waals surface area contributed by atoms with E-state index in [1.165, 1.54) is 17.0 Å². The van der Waals surface area contributed by atoms with Gasteiger partial charge < -0.3 is 19.1 Å². The highest BCUT2D eigenvalue weighted by Gasteiger charge is 2.31. The molecule has 2 amide bonds. The SMILES string of the molecule is CCC(C)N(Cc1cccn1Cc1cccc(OC)c1)C(=O)CN(CC(C)C)C(=O)c1ccc(C(F)(F)F)cc1. The van der Waals surface area contributed by atoms with Crippen molar-refractivity contribution in [3.8, 4) is 5.75 Å². The van der Waals surface area contributed by atoms with E-state index in [9.17, 15) is 22.8 Å². The molecule has 0 fully saturated rings. The van der Waals surface area contributed by atoms with Crippen LogP contribution in [0.3, 0.4) is 0 Å². The molecule has 3 aromatic rings. The largest absolute Gasteiger partial charge is 0.497 e. The van der Waals surface area contributed by atoms with Crippen molar-refractivity contribution in [3.05, 3.63) is 89.2 Å². The fourth-order valence-corrected chi connectivity index (χ4v) is 4.50. The minimum absolute atomic E-state index is 0.0587. The molecule has 3 rings (SSSR count). The number of alkyl halides is 3. The molecule has 0 saturated heterocycles. The quantitative estimate of drug-likeness (QED) is 0.256. The zero-order chi connectivity index (χ0) is 29.4. The molecule has 0 aliphatic heterocycles. The lowest BCUT2D eigenvalue weighted by Gasteiger charge is -2.32. The molecule has 0 aliphatic carbocycles. The van der Waals surface area contributed by atoms with Crippen LogP contribution in [0.4, 0.5) is 13.2 Å². The van der Waals surface area contributed by atoms with Gasteiger partial charge in [-0.1, -0.05) is 32.9 Å². The van der Waals surface area contributed by atoms with Crippen LogP contribution in [0.25, 0.3) is 0 Å². The standard InChI is InChI=1S/C31H38F3N3O3/c1-6-23(4)37(20-27-10-8-16-35(27)19-24-9-7-11-28(17-24)40-5)29(38)21-36(18-22(2)3)30(39)25-12-14-26(15-13-25)31(32,33)34/h7-17,22-23H,6,18-21H2,1-5H3. The number of carbonyl (C=O) groups excluding carboxylic acids is 2. The first kappa shape index (κ1) is 30.8. The van der Waals surface area contributed by atoms with Crippen LogP contribution < -0.4 is 4.74 Å². The second kappa shape index (κ2) is 13.5. The van der Waals surface area contributed by atoms with E-state index >= 15 is 0 Å². The van der Waals surface area contributed by atoms with Crippen molar-refractivity contribution in [2.24, 2.45) is 5.92 Å². The van der Waals surface area contributed by atoms with Gasteiger partial charge in [-0.05, 0) is 73.4 Å². The molecule has 1 aromatic heterocycles. The van der Waals surface area contributed by atoms with Gasteiger partial charge in [-0.2, -0.15) is 13.2 Å². The van der Waals surface area contributed by atoms with Gasteiger partial charge in [-0.3, -0.25) is 9.59 Å². The summed E-state index contributed by atoms with van der Waals surface area (Å²) in [6, 6.07) is 15.8. The van der Waals surface area contributed by atoms with Gasteiger partial charge in [0.1, 0.15) is 12.3 Å². The number of halogens is 3. The number of methoxy groups -OCH3 is 1. The molecule has 0 bridgehead atoms. The molecular weight excluding hydrogens is 519 g/mol. The Morgan fingerprint density at radius 1 is 1.00 bits per heavy atom. The number of hydrogen-bond donors (Lipinski definition) is 0. The van der Waals surface area contributed by atoms with Gasteiger partial charge >= 0.3 is 6.18 Å². The maximum Gasteiger partial charge on any atom is 0.416 e. The molecule has 1 heterocycles. The van der Waals surface area contributed by atoms with Crippen LogP contribution in [0.1, 0.15) is 61.3 Å². The first-order valence-corrected chi connectivity index (χ1v) is 13.5. The van der Waals surface area contributed by atoms with Crippen LogP contribution >= 0.6 is 0 Å².